The topological polar surface area (TPSA) is 35.8 Å². The maximum Gasteiger partial charge on any atom is 0.0638 e. The molecule has 0 radical (unpaired) electrons. The first-order valence-corrected chi connectivity index (χ1v) is 7.18. The lowest BCUT2D eigenvalue weighted by molar-refractivity contribution is 0.352. The van der Waals surface area contributed by atoms with Crippen molar-refractivity contribution in [3.05, 3.63) is 35.9 Å². The van der Waals surface area contributed by atoms with Crippen LogP contribution in [0, 0.1) is 11.3 Å². The summed E-state index contributed by atoms with van der Waals surface area (Å²) in [7, 11) is 0. The monoisotopic (exact) mass is 258 g/mol. The summed E-state index contributed by atoms with van der Waals surface area (Å²) in [5.74, 6) is 0. The Morgan fingerprint density at radius 3 is 2.42 bits per heavy atom. The highest BCUT2D eigenvalue weighted by molar-refractivity contribution is 5.23. The first-order valence-electron chi connectivity index (χ1n) is 7.18. The zero-order chi connectivity index (χ0) is 14.3. The maximum absolute atomic E-state index is 8.80. The SMILES string of the molecule is CCC(CC#N)NC(C)CC(C)(C)c1ccccc1. The highest BCUT2D eigenvalue weighted by Crippen LogP contribution is 2.28. The van der Waals surface area contributed by atoms with Gasteiger partial charge in [0.15, 0.2) is 0 Å². The highest BCUT2D eigenvalue weighted by Gasteiger charge is 2.24. The van der Waals surface area contributed by atoms with Crippen LogP contribution in [0.2, 0.25) is 0 Å². The van der Waals surface area contributed by atoms with Crippen molar-refractivity contribution < 1.29 is 0 Å². The van der Waals surface area contributed by atoms with E-state index in [4.69, 9.17) is 5.26 Å². The standard InChI is InChI=1S/C17H26N2/c1-5-16(11-12-18)19-14(2)13-17(3,4)15-9-7-6-8-10-15/h6-10,14,16,19H,5,11,13H2,1-4H3. The maximum atomic E-state index is 8.80. The fourth-order valence-electron chi connectivity index (χ4n) is 2.67. The van der Waals surface area contributed by atoms with Crippen LogP contribution >= 0.6 is 0 Å². The van der Waals surface area contributed by atoms with Gasteiger partial charge in [-0.2, -0.15) is 5.26 Å². The quantitative estimate of drug-likeness (QED) is 0.801. The number of hydrogen-bond donors (Lipinski definition) is 1. The Balaban J connectivity index is 2.60. The van der Waals surface area contributed by atoms with Crippen LogP contribution in [0.15, 0.2) is 30.3 Å². The van der Waals surface area contributed by atoms with Crippen molar-refractivity contribution in [3.63, 3.8) is 0 Å². The van der Waals surface area contributed by atoms with E-state index in [9.17, 15) is 0 Å². The Morgan fingerprint density at radius 1 is 1.26 bits per heavy atom. The van der Waals surface area contributed by atoms with Gasteiger partial charge in [0.1, 0.15) is 0 Å². The third kappa shape index (κ3) is 5.04. The number of rotatable bonds is 7. The minimum absolute atomic E-state index is 0.151. The minimum atomic E-state index is 0.151. The molecule has 2 atom stereocenters. The summed E-state index contributed by atoms with van der Waals surface area (Å²) in [6, 6.07) is 13.6. The molecule has 2 nitrogen and oxygen atoms in total. The predicted molar refractivity (Wildman–Crippen MR) is 81.0 cm³/mol. The number of hydrogen-bond acceptors (Lipinski definition) is 2. The van der Waals surface area contributed by atoms with Crippen molar-refractivity contribution in [3.8, 4) is 6.07 Å². The van der Waals surface area contributed by atoms with E-state index >= 15 is 0 Å². The molecule has 1 aromatic carbocycles. The zero-order valence-corrected chi connectivity index (χ0v) is 12.6. The third-order valence-corrected chi connectivity index (χ3v) is 3.72. The molecular weight excluding hydrogens is 232 g/mol. The average Bonchev–Trinajstić information content (AvgIpc) is 2.38. The summed E-state index contributed by atoms with van der Waals surface area (Å²) in [6.45, 7) is 8.91. The molecule has 0 aliphatic carbocycles. The zero-order valence-electron chi connectivity index (χ0n) is 12.6. The second-order valence-electron chi connectivity index (χ2n) is 5.99. The van der Waals surface area contributed by atoms with E-state index in [0.29, 0.717) is 18.5 Å². The van der Waals surface area contributed by atoms with Crippen LogP contribution in [0.4, 0.5) is 0 Å². The molecule has 0 heterocycles. The van der Waals surface area contributed by atoms with Crippen molar-refractivity contribution in [2.24, 2.45) is 0 Å². The summed E-state index contributed by atoms with van der Waals surface area (Å²) < 4.78 is 0. The van der Waals surface area contributed by atoms with Crippen LogP contribution in [-0.2, 0) is 5.41 Å². The molecule has 19 heavy (non-hydrogen) atoms. The van der Waals surface area contributed by atoms with Gasteiger partial charge in [-0.15, -0.1) is 0 Å². The van der Waals surface area contributed by atoms with Gasteiger partial charge in [-0.1, -0.05) is 51.1 Å². The fraction of sp³-hybridized carbons (Fsp3) is 0.588. The van der Waals surface area contributed by atoms with Crippen molar-refractivity contribution in [1.29, 1.82) is 5.26 Å². The molecule has 0 saturated heterocycles. The van der Waals surface area contributed by atoms with Crippen LogP contribution in [0.25, 0.3) is 0 Å². The van der Waals surface area contributed by atoms with E-state index < -0.39 is 0 Å². The van der Waals surface area contributed by atoms with Crippen LogP contribution in [-0.4, -0.2) is 12.1 Å². The van der Waals surface area contributed by atoms with Gasteiger partial charge in [0.2, 0.25) is 0 Å². The van der Waals surface area contributed by atoms with E-state index in [2.05, 4.69) is 69.4 Å². The van der Waals surface area contributed by atoms with Crippen LogP contribution in [0.1, 0.15) is 52.5 Å². The molecule has 0 bridgehead atoms. The van der Waals surface area contributed by atoms with Crippen molar-refractivity contribution in [2.75, 3.05) is 0 Å². The first-order chi connectivity index (χ1) is 8.99. The third-order valence-electron chi connectivity index (χ3n) is 3.72. The van der Waals surface area contributed by atoms with Crippen LogP contribution in [0.5, 0.6) is 0 Å². The number of benzene rings is 1. The van der Waals surface area contributed by atoms with Gasteiger partial charge in [-0.05, 0) is 30.7 Å². The Kier molecular flexibility index (Phi) is 6.05. The minimum Gasteiger partial charge on any atom is -0.310 e. The molecule has 0 fully saturated rings. The number of nitriles is 1. The number of nitrogens with one attached hydrogen (secondary N) is 1. The molecular formula is C17H26N2. The number of nitrogens with zero attached hydrogens (tertiary/aromatic N) is 1. The van der Waals surface area contributed by atoms with Gasteiger partial charge < -0.3 is 5.32 Å². The van der Waals surface area contributed by atoms with Crippen molar-refractivity contribution in [1.82, 2.24) is 5.32 Å². The summed E-state index contributed by atoms with van der Waals surface area (Å²) >= 11 is 0. The van der Waals surface area contributed by atoms with E-state index in [-0.39, 0.29) is 5.41 Å². The molecule has 0 amide bonds. The van der Waals surface area contributed by atoms with Crippen LogP contribution < -0.4 is 5.32 Å². The van der Waals surface area contributed by atoms with Crippen molar-refractivity contribution in [2.45, 2.75) is 64.5 Å². The van der Waals surface area contributed by atoms with Gasteiger partial charge >= 0.3 is 0 Å². The van der Waals surface area contributed by atoms with Crippen molar-refractivity contribution >= 4 is 0 Å². The second kappa shape index (κ2) is 7.31. The van der Waals surface area contributed by atoms with E-state index in [1.54, 1.807) is 0 Å². The smallest absolute Gasteiger partial charge is 0.0638 e. The molecule has 0 aromatic heterocycles. The van der Waals surface area contributed by atoms with E-state index in [1.807, 2.05) is 0 Å². The molecule has 0 aliphatic heterocycles. The second-order valence-corrected chi connectivity index (χ2v) is 5.99. The molecule has 2 heteroatoms. The van der Waals surface area contributed by atoms with Crippen LogP contribution in [0.3, 0.4) is 0 Å². The molecule has 0 aliphatic rings. The average molecular weight is 258 g/mol. The lowest BCUT2D eigenvalue weighted by Crippen LogP contribution is -2.39. The summed E-state index contributed by atoms with van der Waals surface area (Å²) in [5, 5.41) is 12.4. The lowest BCUT2D eigenvalue weighted by atomic mass is 9.79. The molecule has 1 aromatic rings. The molecule has 0 saturated carbocycles. The summed E-state index contributed by atoms with van der Waals surface area (Å²) in [4.78, 5) is 0. The lowest BCUT2D eigenvalue weighted by Gasteiger charge is -2.31. The first kappa shape index (κ1) is 15.7. The molecule has 0 spiro atoms. The van der Waals surface area contributed by atoms with Gasteiger partial charge in [-0.25, -0.2) is 0 Å². The normalized spacial score (nSPS) is 14.7. The van der Waals surface area contributed by atoms with Gasteiger partial charge in [0.05, 0.1) is 12.5 Å². The Morgan fingerprint density at radius 2 is 1.89 bits per heavy atom. The van der Waals surface area contributed by atoms with Gasteiger partial charge in [0, 0.05) is 12.1 Å². The fourth-order valence-corrected chi connectivity index (χ4v) is 2.67. The Labute approximate surface area is 117 Å². The molecule has 1 rings (SSSR count). The van der Waals surface area contributed by atoms with Gasteiger partial charge in [0.25, 0.3) is 0 Å². The molecule has 1 N–H and O–H groups in total. The Bertz CT molecular complexity index is 403. The predicted octanol–water partition coefficient (Wildman–Crippen LogP) is 4.02. The Hall–Kier alpha value is -1.33. The molecule has 104 valence electrons. The van der Waals surface area contributed by atoms with E-state index in [1.165, 1.54) is 5.56 Å². The van der Waals surface area contributed by atoms with E-state index in [0.717, 1.165) is 12.8 Å². The highest BCUT2D eigenvalue weighted by atomic mass is 14.9. The summed E-state index contributed by atoms with van der Waals surface area (Å²) in [6.07, 6.45) is 2.66. The molecule has 2 unspecified atom stereocenters. The largest absolute Gasteiger partial charge is 0.310 e. The summed E-state index contributed by atoms with van der Waals surface area (Å²) in [5.41, 5.74) is 1.52. The van der Waals surface area contributed by atoms with Gasteiger partial charge in [-0.3, -0.25) is 0 Å².